The molecule has 4 aromatic heterocycles. The lowest BCUT2D eigenvalue weighted by molar-refractivity contribution is -0.00100. The predicted molar refractivity (Wildman–Crippen MR) is 160 cm³/mol. The molecule has 0 N–H and O–H groups in total. The van der Waals surface area contributed by atoms with Crippen molar-refractivity contribution in [2.75, 3.05) is 12.3 Å². The molecular weight excluding hydrogens is 764 g/mol. The standard InChI is InChI=1S/2C16H16O2P.2HI/c2*1-2-19(15-10-6-12-17-15,16-11-7-13-18-16)14-8-4-3-5-9-14;;/h2*3-13H,2H2,1H3;2*1H/q2*+1;;/p-2. The Morgan fingerprint density at radius 2 is 0.675 bits per heavy atom. The second-order valence-electron chi connectivity index (χ2n) is 8.73. The minimum atomic E-state index is -1.77. The van der Waals surface area contributed by atoms with Gasteiger partial charge < -0.3 is 65.6 Å². The summed E-state index contributed by atoms with van der Waals surface area (Å²) >= 11 is 0. The highest BCUT2D eigenvalue weighted by molar-refractivity contribution is 7.95. The van der Waals surface area contributed by atoms with Gasteiger partial charge in [-0.25, -0.2) is 0 Å². The summed E-state index contributed by atoms with van der Waals surface area (Å²) in [5.74, 6) is 0. The van der Waals surface area contributed by atoms with E-state index in [1.165, 1.54) is 10.6 Å². The molecule has 2 aromatic carbocycles. The lowest BCUT2D eigenvalue weighted by Gasteiger charge is -2.20. The molecule has 0 bridgehead atoms. The van der Waals surface area contributed by atoms with Crippen LogP contribution in [0, 0.1) is 0 Å². The Morgan fingerprint density at radius 1 is 0.400 bits per heavy atom. The third-order valence-electron chi connectivity index (χ3n) is 6.87. The van der Waals surface area contributed by atoms with Gasteiger partial charge >= 0.3 is 0 Å². The smallest absolute Gasteiger partial charge is 0.259 e. The average Bonchev–Trinajstić information content (AvgIpc) is 3.81. The van der Waals surface area contributed by atoms with E-state index in [9.17, 15) is 0 Å². The van der Waals surface area contributed by atoms with Crippen molar-refractivity contribution < 1.29 is 65.6 Å². The van der Waals surface area contributed by atoms with Crippen molar-refractivity contribution in [2.24, 2.45) is 0 Å². The Kier molecular flexibility index (Phi) is 12.3. The molecule has 208 valence electrons. The molecule has 0 atom stereocenters. The summed E-state index contributed by atoms with van der Waals surface area (Å²) in [6.07, 6.45) is 8.94. The fraction of sp³-hybridized carbons (Fsp3) is 0.125. The molecule has 0 amide bonds. The number of benzene rings is 2. The molecule has 6 rings (SSSR count). The van der Waals surface area contributed by atoms with E-state index in [1.54, 1.807) is 25.1 Å². The first kappa shape index (κ1) is 32.4. The summed E-state index contributed by atoms with van der Waals surface area (Å²) in [7, 11) is -3.54. The van der Waals surface area contributed by atoms with Gasteiger partial charge in [0.1, 0.15) is 10.6 Å². The van der Waals surface area contributed by atoms with Crippen LogP contribution in [0.2, 0.25) is 0 Å². The van der Waals surface area contributed by atoms with E-state index in [1.807, 2.05) is 36.4 Å². The molecule has 0 spiro atoms. The number of halogens is 2. The van der Waals surface area contributed by atoms with Crippen LogP contribution in [0.15, 0.2) is 152 Å². The third kappa shape index (κ3) is 6.20. The first-order chi connectivity index (χ1) is 18.8. The zero-order valence-corrected chi connectivity index (χ0v) is 28.5. The van der Waals surface area contributed by atoms with Crippen molar-refractivity contribution in [3.8, 4) is 0 Å². The van der Waals surface area contributed by atoms with Gasteiger partial charge in [0.05, 0.1) is 37.4 Å². The number of hydrogen-bond acceptors (Lipinski definition) is 4. The second-order valence-corrected chi connectivity index (χ2v) is 16.0. The average molecular weight is 796 g/mol. The Hall–Kier alpha value is -2.12. The van der Waals surface area contributed by atoms with Gasteiger partial charge in [0.15, 0.2) is 14.5 Å². The molecule has 8 heteroatoms. The van der Waals surface area contributed by atoms with Crippen LogP contribution in [-0.2, 0) is 0 Å². The molecule has 4 heterocycles. The van der Waals surface area contributed by atoms with Crippen LogP contribution < -0.4 is 80.6 Å². The predicted octanol–water partition coefficient (Wildman–Crippen LogP) is 0.381. The van der Waals surface area contributed by atoms with Gasteiger partial charge in [0.2, 0.25) is 0 Å². The Labute approximate surface area is 271 Å². The number of furan rings is 4. The molecule has 6 aromatic rings. The SMILES string of the molecule is CC[P+](c1ccccc1)(c1ccco1)c1ccco1.CC[P+](c1ccccc1)(c1ccco1)c1ccco1.[I-].[I-]. The van der Waals surface area contributed by atoms with Crippen LogP contribution in [0.4, 0.5) is 0 Å². The van der Waals surface area contributed by atoms with Crippen LogP contribution in [0.3, 0.4) is 0 Å². The molecule has 0 radical (unpaired) electrons. The van der Waals surface area contributed by atoms with E-state index in [2.05, 4.69) is 86.6 Å². The molecule has 0 aliphatic heterocycles. The highest BCUT2D eigenvalue weighted by Gasteiger charge is 2.50. The maximum absolute atomic E-state index is 5.76. The van der Waals surface area contributed by atoms with Crippen molar-refractivity contribution in [3.05, 3.63) is 134 Å². The summed E-state index contributed by atoms with van der Waals surface area (Å²) in [4.78, 5) is 0. The molecule has 0 saturated heterocycles. The van der Waals surface area contributed by atoms with Crippen molar-refractivity contribution in [1.29, 1.82) is 0 Å². The van der Waals surface area contributed by atoms with Crippen molar-refractivity contribution in [3.63, 3.8) is 0 Å². The van der Waals surface area contributed by atoms with Crippen LogP contribution in [-0.4, -0.2) is 12.3 Å². The lowest BCUT2D eigenvalue weighted by atomic mass is 10.4. The normalized spacial score (nSPS) is 11.1. The summed E-state index contributed by atoms with van der Waals surface area (Å²) in [5.41, 5.74) is 4.10. The van der Waals surface area contributed by atoms with Crippen molar-refractivity contribution in [2.45, 2.75) is 13.8 Å². The molecule has 40 heavy (non-hydrogen) atoms. The molecule has 0 saturated carbocycles. The molecule has 0 unspecified atom stereocenters. The first-order valence-electron chi connectivity index (χ1n) is 12.8. The fourth-order valence-corrected chi connectivity index (χ4v) is 12.1. The lowest BCUT2D eigenvalue weighted by Crippen LogP contribution is -3.00. The van der Waals surface area contributed by atoms with Gasteiger partial charge in [-0.3, -0.25) is 0 Å². The van der Waals surface area contributed by atoms with Gasteiger partial charge in [-0.1, -0.05) is 36.4 Å². The van der Waals surface area contributed by atoms with Gasteiger partial charge in [0, 0.05) is 24.3 Å². The highest BCUT2D eigenvalue weighted by Crippen LogP contribution is 2.56. The third-order valence-corrected chi connectivity index (χ3v) is 15.2. The molecule has 0 aliphatic carbocycles. The summed E-state index contributed by atoms with van der Waals surface area (Å²) in [6.45, 7) is 4.40. The van der Waals surface area contributed by atoms with Gasteiger partial charge in [-0.2, -0.15) is 0 Å². The summed E-state index contributed by atoms with van der Waals surface area (Å²) in [6, 6.07) is 37.1. The van der Waals surface area contributed by atoms with E-state index >= 15 is 0 Å². The van der Waals surface area contributed by atoms with Crippen molar-refractivity contribution >= 4 is 47.1 Å². The zero-order valence-electron chi connectivity index (χ0n) is 22.4. The molecule has 0 fully saturated rings. The van der Waals surface area contributed by atoms with Gasteiger partial charge in [0.25, 0.3) is 22.0 Å². The van der Waals surface area contributed by atoms with E-state index in [0.29, 0.717) is 0 Å². The van der Waals surface area contributed by atoms with Gasteiger partial charge in [-0.05, 0) is 62.4 Å². The minimum absolute atomic E-state index is 0. The minimum Gasteiger partial charge on any atom is -1.00 e. The van der Waals surface area contributed by atoms with E-state index in [0.717, 1.165) is 34.3 Å². The Bertz CT molecular complexity index is 1280. The quantitative estimate of drug-likeness (QED) is 0.166. The summed E-state index contributed by atoms with van der Waals surface area (Å²) < 4.78 is 23.0. The monoisotopic (exact) mass is 796 g/mol. The van der Waals surface area contributed by atoms with Crippen LogP contribution in [0.25, 0.3) is 0 Å². The highest BCUT2D eigenvalue weighted by atomic mass is 127. The molecule has 0 aliphatic rings. The van der Waals surface area contributed by atoms with E-state index in [-0.39, 0.29) is 48.0 Å². The van der Waals surface area contributed by atoms with Crippen molar-refractivity contribution in [1.82, 2.24) is 0 Å². The first-order valence-corrected chi connectivity index (χ1v) is 16.7. The van der Waals surface area contributed by atoms with Crippen LogP contribution in [0.1, 0.15) is 13.8 Å². The second kappa shape index (κ2) is 15.2. The Morgan fingerprint density at radius 3 is 0.875 bits per heavy atom. The fourth-order valence-electron chi connectivity index (χ4n) is 5.03. The molecular formula is C32H32I2O4P2. The topological polar surface area (TPSA) is 52.6 Å². The summed E-state index contributed by atoms with van der Waals surface area (Å²) in [5, 5.41) is 2.59. The largest absolute Gasteiger partial charge is 1.00 e. The van der Waals surface area contributed by atoms with E-state index in [4.69, 9.17) is 17.7 Å². The van der Waals surface area contributed by atoms with Crippen LogP contribution in [0.5, 0.6) is 0 Å². The maximum Gasteiger partial charge on any atom is 0.259 e. The number of hydrogen-bond donors (Lipinski definition) is 0. The maximum atomic E-state index is 5.76. The Balaban J connectivity index is 0.000000210. The van der Waals surface area contributed by atoms with Gasteiger partial charge in [-0.15, -0.1) is 0 Å². The van der Waals surface area contributed by atoms with E-state index < -0.39 is 14.5 Å². The number of rotatable bonds is 8. The van der Waals surface area contributed by atoms with Crippen LogP contribution >= 0.6 is 14.5 Å². The molecule has 4 nitrogen and oxygen atoms in total. The zero-order chi connectivity index (χ0) is 26.3.